The van der Waals surface area contributed by atoms with E-state index >= 15 is 0 Å². The molecule has 4 nitrogen and oxygen atoms in total. The number of nitrogens with zero attached hydrogens (tertiary/aromatic N) is 1. The molecule has 3 rings (SSSR count). The molecule has 1 aromatic carbocycles. The first-order valence-corrected chi connectivity index (χ1v) is 9.53. The Labute approximate surface area is 143 Å². The lowest BCUT2D eigenvalue weighted by Gasteiger charge is -2.36. The van der Waals surface area contributed by atoms with E-state index in [1.54, 1.807) is 18.9 Å². The number of ether oxygens (including phenoxy) is 1. The number of thioether (sulfide) groups is 1. The van der Waals surface area contributed by atoms with Crippen LogP contribution in [0.2, 0.25) is 0 Å². The van der Waals surface area contributed by atoms with Gasteiger partial charge in [0.15, 0.2) is 0 Å². The zero-order chi connectivity index (χ0) is 16.2. The van der Waals surface area contributed by atoms with Gasteiger partial charge in [-0.2, -0.15) is 0 Å². The maximum Gasteiger partial charge on any atom is 0.230 e. The SMILES string of the molecule is COc1ccc(CSCC(=O)NC2C[C@H]3CC[C@H](C2)N3C)cc1. The van der Waals surface area contributed by atoms with E-state index in [0.29, 0.717) is 23.9 Å². The van der Waals surface area contributed by atoms with E-state index in [2.05, 4.69) is 29.4 Å². The molecule has 2 bridgehead atoms. The van der Waals surface area contributed by atoms with Crippen molar-refractivity contribution in [3.63, 3.8) is 0 Å². The van der Waals surface area contributed by atoms with E-state index in [-0.39, 0.29) is 5.91 Å². The van der Waals surface area contributed by atoms with Gasteiger partial charge in [0.2, 0.25) is 5.91 Å². The molecule has 0 unspecified atom stereocenters. The van der Waals surface area contributed by atoms with Crippen molar-refractivity contribution in [3.8, 4) is 5.75 Å². The van der Waals surface area contributed by atoms with Crippen LogP contribution in [-0.2, 0) is 10.5 Å². The molecule has 0 aromatic heterocycles. The van der Waals surface area contributed by atoms with Gasteiger partial charge in [-0.15, -0.1) is 11.8 Å². The highest BCUT2D eigenvalue weighted by Crippen LogP contribution is 2.34. The maximum atomic E-state index is 12.2. The van der Waals surface area contributed by atoms with Gasteiger partial charge in [-0.1, -0.05) is 12.1 Å². The van der Waals surface area contributed by atoms with Crippen LogP contribution in [0, 0.1) is 0 Å². The third-order valence-corrected chi connectivity index (χ3v) is 6.13. The maximum absolute atomic E-state index is 12.2. The van der Waals surface area contributed by atoms with Crippen LogP contribution in [-0.4, -0.2) is 48.8 Å². The summed E-state index contributed by atoms with van der Waals surface area (Å²) in [4.78, 5) is 14.7. The van der Waals surface area contributed by atoms with Crippen molar-refractivity contribution >= 4 is 17.7 Å². The average molecular weight is 334 g/mol. The average Bonchev–Trinajstić information content (AvgIpc) is 2.76. The molecule has 2 aliphatic heterocycles. The molecule has 126 valence electrons. The van der Waals surface area contributed by atoms with Gasteiger partial charge < -0.3 is 15.0 Å². The van der Waals surface area contributed by atoms with Gasteiger partial charge in [0.05, 0.1) is 12.9 Å². The first-order valence-electron chi connectivity index (χ1n) is 8.37. The molecule has 2 saturated heterocycles. The van der Waals surface area contributed by atoms with Crippen LogP contribution in [0.5, 0.6) is 5.75 Å². The summed E-state index contributed by atoms with van der Waals surface area (Å²) >= 11 is 1.67. The topological polar surface area (TPSA) is 41.6 Å². The summed E-state index contributed by atoms with van der Waals surface area (Å²) in [5, 5.41) is 3.24. The van der Waals surface area contributed by atoms with Gasteiger partial charge >= 0.3 is 0 Å². The normalized spacial score (nSPS) is 27.0. The minimum Gasteiger partial charge on any atom is -0.497 e. The van der Waals surface area contributed by atoms with Gasteiger partial charge in [-0.25, -0.2) is 0 Å². The second-order valence-corrected chi connectivity index (χ2v) is 7.61. The Morgan fingerprint density at radius 3 is 2.52 bits per heavy atom. The van der Waals surface area contributed by atoms with Crippen molar-refractivity contribution in [1.29, 1.82) is 0 Å². The molecule has 0 aliphatic carbocycles. The van der Waals surface area contributed by atoms with Gasteiger partial charge in [-0.05, 0) is 50.4 Å². The number of carbonyl (C=O) groups is 1. The third-order valence-electron chi connectivity index (χ3n) is 5.12. The van der Waals surface area contributed by atoms with E-state index in [9.17, 15) is 4.79 Å². The molecular formula is C18H26N2O2S. The lowest BCUT2D eigenvalue weighted by atomic mass is 9.98. The first kappa shape index (κ1) is 16.7. The van der Waals surface area contributed by atoms with E-state index in [4.69, 9.17) is 4.74 Å². The number of piperidine rings is 1. The van der Waals surface area contributed by atoms with Crippen LogP contribution in [0.4, 0.5) is 0 Å². The fraction of sp³-hybridized carbons (Fsp3) is 0.611. The highest BCUT2D eigenvalue weighted by molar-refractivity contribution is 7.99. The third kappa shape index (κ3) is 4.21. The van der Waals surface area contributed by atoms with Crippen LogP contribution < -0.4 is 10.1 Å². The number of benzene rings is 1. The quantitative estimate of drug-likeness (QED) is 0.868. The second kappa shape index (κ2) is 7.58. The fourth-order valence-corrected chi connectivity index (χ4v) is 4.58. The molecule has 2 atom stereocenters. The Kier molecular flexibility index (Phi) is 5.49. The Balaban J connectivity index is 1.38. The number of amides is 1. The number of carbonyl (C=O) groups excluding carboxylic acids is 1. The molecule has 5 heteroatoms. The van der Waals surface area contributed by atoms with Gasteiger partial charge in [0, 0.05) is 23.9 Å². The summed E-state index contributed by atoms with van der Waals surface area (Å²) in [5.74, 6) is 2.44. The van der Waals surface area contributed by atoms with Crippen molar-refractivity contribution < 1.29 is 9.53 Å². The lowest BCUT2D eigenvalue weighted by molar-refractivity contribution is -0.119. The van der Waals surface area contributed by atoms with E-state index in [1.807, 2.05) is 12.1 Å². The highest BCUT2D eigenvalue weighted by atomic mass is 32.2. The minimum absolute atomic E-state index is 0.178. The molecule has 2 fully saturated rings. The molecule has 0 spiro atoms. The monoisotopic (exact) mass is 334 g/mol. The van der Waals surface area contributed by atoms with Crippen molar-refractivity contribution in [2.45, 2.75) is 49.6 Å². The Hall–Kier alpha value is -1.20. The zero-order valence-electron chi connectivity index (χ0n) is 14.0. The summed E-state index contributed by atoms with van der Waals surface area (Å²) in [5.41, 5.74) is 1.22. The Morgan fingerprint density at radius 2 is 1.91 bits per heavy atom. The molecule has 0 saturated carbocycles. The number of methoxy groups -OCH3 is 1. The smallest absolute Gasteiger partial charge is 0.230 e. The first-order chi connectivity index (χ1) is 11.2. The van der Waals surface area contributed by atoms with E-state index in [0.717, 1.165) is 24.3 Å². The number of rotatable bonds is 6. The molecular weight excluding hydrogens is 308 g/mol. The Bertz CT molecular complexity index is 520. The molecule has 1 aromatic rings. The summed E-state index contributed by atoms with van der Waals surface area (Å²) in [6.45, 7) is 0. The Morgan fingerprint density at radius 1 is 1.26 bits per heavy atom. The van der Waals surface area contributed by atoms with Crippen LogP contribution in [0.25, 0.3) is 0 Å². The van der Waals surface area contributed by atoms with Crippen molar-refractivity contribution in [3.05, 3.63) is 29.8 Å². The van der Waals surface area contributed by atoms with Crippen molar-refractivity contribution in [2.24, 2.45) is 0 Å². The largest absolute Gasteiger partial charge is 0.497 e. The van der Waals surface area contributed by atoms with Crippen LogP contribution in [0.3, 0.4) is 0 Å². The zero-order valence-corrected chi connectivity index (χ0v) is 14.8. The highest BCUT2D eigenvalue weighted by Gasteiger charge is 2.38. The van der Waals surface area contributed by atoms with Crippen LogP contribution >= 0.6 is 11.8 Å². The predicted octanol–water partition coefficient (Wildman–Crippen LogP) is 2.67. The molecule has 1 N–H and O–H groups in total. The summed E-state index contributed by atoms with van der Waals surface area (Å²) < 4.78 is 5.15. The molecule has 1 amide bonds. The molecule has 0 radical (unpaired) electrons. The van der Waals surface area contributed by atoms with Crippen LogP contribution in [0.15, 0.2) is 24.3 Å². The predicted molar refractivity (Wildman–Crippen MR) is 94.9 cm³/mol. The van der Waals surface area contributed by atoms with Gasteiger partial charge in [0.25, 0.3) is 0 Å². The molecule has 2 heterocycles. The number of hydrogen-bond donors (Lipinski definition) is 1. The lowest BCUT2D eigenvalue weighted by Crippen LogP contribution is -2.49. The number of hydrogen-bond acceptors (Lipinski definition) is 4. The van der Waals surface area contributed by atoms with Crippen molar-refractivity contribution in [1.82, 2.24) is 10.2 Å². The summed E-state index contributed by atoms with van der Waals surface area (Å²) in [6.07, 6.45) is 4.81. The minimum atomic E-state index is 0.178. The fourth-order valence-electron chi connectivity index (χ4n) is 3.78. The van der Waals surface area contributed by atoms with Gasteiger partial charge in [0.1, 0.15) is 5.75 Å². The van der Waals surface area contributed by atoms with Gasteiger partial charge in [-0.3, -0.25) is 4.79 Å². The molecule has 2 aliphatic rings. The van der Waals surface area contributed by atoms with E-state index < -0.39 is 0 Å². The summed E-state index contributed by atoms with van der Waals surface area (Å²) in [7, 11) is 3.90. The van der Waals surface area contributed by atoms with Crippen molar-refractivity contribution in [2.75, 3.05) is 19.9 Å². The number of fused-ring (bicyclic) bond motifs is 2. The second-order valence-electron chi connectivity index (χ2n) is 6.63. The number of nitrogens with one attached hydrogen (secondary N) is 1. The summed E-state index contributed by atoms with van der Waals surface area (Å²) in [6, 6.07) is 9.75. The van der Waals surface area contributed by atoms with E-state index in [1.165, 1.54) is 18.4 Å². The molecule has 23 heavy (non-hydrogen) atoms. The van der Waals surface area contributed by atoms with Crippen LogP contribution in [0.1, 0.15) is 31.2 Å². The standard InChI is InChI=1S/C18H26N2O2S/c1-20-15-5-6-16(20)10-14(9-15)19-18(21)12-23-11-13-3-7-17(22-2)8-4-13/h3-4,7-8,14-16H,5-6,9-12H2,1-2H3,(H,19,21)/t15-,16-/m1/s1.